The first-order chi connectivity index (χ1) is 12.7. The summed E-state index contributed by atoms with van der Waals surface area (Å²) in [5, 5.41) is 4.97. The molecule has 6 nitrogen and oxygen atoms in total. The molecule has 0 aliphatic carbocycles. The number of nitrogens with zero attached hydrogens (tertiary/aromatic N) is 2. The summed E-state index contributed by atoms with van der Waals surface area (Å²) in [5.41, 5.74) is 8.99. The Labute approximate surface area is 151 Å². The number of ether oxygens (including phenoxy) is 1. The molecule has 0 saturated carbocycles. The monoisotopic (exact) mass is 349 g/mol. The van der Waals surface area contributed by atoms with Crippen molar-refractivity contribution < 1.29 is 15.3 Å². The highest BCUT2D eigenvalue weighted by molar-refractivity contribution is 5.87. The molecule has 0 radical (unpaired) electrons. The first-order valence-corrected chi connectivity index (χ1v) is 8.30. The van der Waals surface area contributed by atoms with E-state index in [9.17, 15) is 4.79 Å². The lowest BCUT2D eigenvalue weighted by molar-refractivity contribution is -0.403. The van der Waals surface area contributed by atoms with E-state index >= 15 is 0 Å². The van der Waals surface area contributed by atoms with Gasteiger partial charge in [0.15, 0.2) is 6.04 Å². The number of aromatic nitrogens is 1. The van der Waals surface area contributed by atoms with Crippen LogP contribution in [0.15, 0.2) is 65.8 Å². The largest absolute Gasteiger partial charge is 0.497 e. The summed E-state index contributed by atoms with van der Waals surface area (Å²) < 4.78 is 5.20. The Morgan fingerprint density at radius 1 is 1.23 bits per heavy atom. The number of carbonyl (C=O) groups is 1. The predicted molar refractivity (Wildman–Crippen MR) is 101 cm³/mol. The van der Waals surface area contributed by atoms with Crippen LogP contribution in [-0.4, -0.2) is 30.3 Å². The molecule has 1 aromatic heterocycles. The summed E-state index contributed by atoms with van der Waals surface area (Å²) in [6.07, 6.45) is 2.09. The summed E-state index contributed by atoms with van der Waals surface area (Å²) in [6, 6.07) is 18.8. The Kier molecular flexibility index (Phi) is 5.56. The highest BCUT2D eigenvalue weighted by Gasteiger charge is 2.16. The van der Waals surface area contributed by atoms with Crippen LogP contribution in [-0.2, 0) is 11.2 Å². The van der Waals surface area contributed by atoms with Crippen molar-refractivity contribution in [3.05, 3.63) is 71.9 Å². The number of hydrogen-bond donors (Lipinski definition) is 2. The number of fused-ring (bicyclic) bond motifs is 1. The SMILES string of the molecule is COc1ccc2nc(/C=N\NC(=O)[C@@H]([NH3+])Cc3ccccc3)ccc2c1. The molecular formula is C20H21N4O2+. The Balaban J connectivity index is 1.60. The van der Waals surface area contributed by atoms with Crippen LogP contribution in [0.4, 0.5) is 0 Å². The summed E-state index contributed by atoms with van der Waals surface area (Å²) in [5.74, 6) is 0.559. The molecule has 1 atom stereocenters. The van der Waals surface area contributed by atoms with Gasteiger partial charge in [-0.2, -0.15) is 5.10 Å². The molecule has 132 valence electrons. The normalized spacial score (nSPS) is 12.2. The van der Waals surface area contributed by atoms with Crippen molar-refractivity contribution in [1.29, 1.82) is 0 Å². The van der Waals surface area contributed by atoms with Crippen LogP contribution in [0, 0.1) is 0 Å². The van der Waals surface area contributed by atoms with Gasteiger partial charge in [-0.25, -0.2) is 10.4 Å². The van der Waals surface area contributed by atoms with Crippen LogP contribution >= 0.6 is 0 Å². The van der Waals surface area contributed by atoms with Gasteiger partial charge in [-0.3, -0.25) is 4.79 Å². The molecule has 26 heavy (non-hydrogen) atoms. The van der Waals surface area contributed by atoms with E-state index in [1.807, 2.05) is 60.7 Å². The second-order valence-corrected chi connectivity index (χ2v) is 5.92. The van der Waals surface area contributed by atoms with Gasteiger partial charge >= 0.3 is 0 Å². The van der Waals surface area contributed by atoms with Crippen LogP contribution in [0.5, 0.6) is 5.75 Å². The van der Waals surface area contributed by atoms with Crippen molar-refractivity contribution >= 4 is 23.0 Å². The number of carbonyl (C=O) groups excluding carboxylic acids is 1. The maximum atomic E-state index is 12.1. The van der Waals surface area contributed by atoms with E-state index in [1.165, 1.54) is 6.21 Å². The third kappa shape index (κ3) is 4.43. The van der Waals surface area contributed by atoms with Crippen LogP contribution < -0.4 is 15.9 Å². The molecular weight excluding hydrogens is 328 g/mol. The Morgan fingerprint density at radius 3 is 2.81 bits per heavy atom. The average Bonchev–Trinajstić information content (AvgIpc) is 2.68. The van der Waals surface area contributed by atoms with Crippen LogP contribution in [0.25, 0.3) is 10.9 Å². The van der Waals surface area contributed by atoms with Gasteiger partial charge in [0.05, 0.1) is 24.5 Å². The quantitative estimate of drug-likeness (QED) is 0.522. The topological polar surface area (TPSA) is 91.2 Å². The Hall–Kier alpha value is -3.25. The van der Waals surface area contributed by atoms with Gasteiger partial charge in [0.25, 0.3) is 5.91 Å². The van der Waals surface area contributed by atoms with Crippen molar-refractivity contribution in [2.45, 2.75) is 12.5 Å². The fourth-order valence-corrected chi connectivity index (χ4v) is 2.56. The summed E-state index contributed by atoms with van der Waals surface area (Å²) in [7, 11) is 1.63. The minimum absolute atomic E-state index is 0.226. The molecule has 1 amide bonds. The zero-order valence-electron chi connectivity index (χ0n) is 14.6. The highest BCUT2D eigenvalue weighted by atomic mass is 16.5. The second kappa shape index (κ2) is 8.22. The standard InChI is InChI=1S/C20H20N4O2/c1-26-17-9-10-19-15(12-17)7-8-16(23-19)13-22-24-20(25)18(21)11-14-5-3-2-4-6-14/h2-10,12-13,18H,11,21H2,1H3,(H,24,25)/p+1/b22-13-/t18-/m0/s1. The van der Waals surface area contributed by atoms with E-state index < -0.39 is 6.04 Å². The van der Waals surface area contributed by atoms with E-state index in [0.29, 0.717) is 12.1 Å². The molecule has 3 rings (SSSR count). The molecule has 0 aliphatic rings. The summed E-state index contributed by atoms with van der Waals surface area (Å²) >= 11 is 0. The molecule has 6 heteroatoms. The second-order valence-electron chi connectivity index (χ2n) is 5.92. The predicted octanol–water partition coefficient (Wildman–Crippen LogP) is 1.55. The lowest BCUT2D eigenvalue weighted by atomic mass is 10.1. The van der Waals surface area contributed by atoms with Gasteiger partial charge in [-0.15, -0.1) is 0 Å². The minimum Gasteiger partial charge on any atom is -0.497 e. The fourth-order valence-electron chi connectivity index (χ4n) is 2.56. The number of quaternary nitrogens is 1. The zero-order valence-corrected chi connectivity index (χ0v) is 14.6. The number of pyridine rings is 1. The minimum atomic E-state index is -0.411. The number of methoxy groups -OCH3 is 1. The van der Waals surface area contributed by atoms with E-state index in [2.05, 4.69) is 21.2 Å². The van der Waals surface area contributed by atoms with E-state index in [0.717, 1.165) is 22.2 Å². The first-order valence-electron chi connectivity index (χ1n) is 8.30. The number of rotatable bonds is 6. The average molecular weight is 349 g/mol. The fraction of sp³-hybridized carbons (Fsp3) is 0.150. The van der Waals surface area contributed by atoms with Crippen molar-refractivity contribution in [2.24, 2.45) is 5.10 Å². The highest BCUT2D eigenvalue weighted by Crippen LogP contribution is 2.19. The van der Waals surface area contributed by atoms with Gasteiger partial charge in [0.2, 0.25) is 0 Å². The summed E-state index contributed by atoms with van der Waals surface area (Å²) in [4.78, 5) is 16.6. The molecule has 0 saturated heterocycles. The number of nitrogens with one attached hydrogen (secondary N) is 1. The molecule has 0 unspecified atom stereocenters. The lowest BCUT2D eigenvalue weighted by Gasteiger charge is -2.06. The maximum Gasteiger partial charge on any atom is 0.298 e. The van der Waals surface area contributed by atoms with Crippen LogP contribution in [0.1, 0.15) is 11.3 Å². The molecule has 1 heterocycles. The molecule has 3 aromatic rings. The summed E-state index contributed by atoms with van der Waals surface area (Å²) in [6.45, 7) is 0. The van der Waals surface area contributed by atoms with Gasteiger partial charge in [0, 0.05) is 11.8 Å². The van der Waals surface area contributed by atoms with Gasteiger partial charge in [-0.05, 0) is 29.8 Å². The van der Waals surface area contributed by atoms with Crippen molar-refractivity contribution in [3.63, 3.8) is 0 Å². The van der Waals surface area contributed by atoms with E-state index in [4.69, 9.17) is 4.74 Å². The molecule has 4 N–H and O–H groups in total. The van der Waals surface area contributed by atoms with Gasteiger partial charge in [-0.1, -0.05) is 36.4 Å². The smallest absolute Gasteiger partial charge is 0.298 e. The van der Waals surface area contributed by atoms with Gasteiger partial charge < -0.3 is 10.5 Å². The molecule has 0 bridgehead atoms. The molecule has 0 spiro atoms. The number of benzene rings is 2. The maximum absolute atomic E-state index is 12.1. The molecule has 2 aromatic carbocycles. The van der Waals surface area contributed by atoms with Crippen LogP contribution in [0.3, 0.4) is 0 Å². The molecule has 0 aliphatic heterocycles. The Bertz CT molecular complexity index is 926. The Morgan fingerprint density at radius 2 is 2.04 bits per heavy atom. The van der Waals surface area contributed by atoms with E-state index in [-0.39, 0.29) is 5.91 Å². The third-order valence-electron chi connectivity index (χ3n) is 3.99. The van der Waals surface area contributed by atoms with Crippen molar-refractivity contribution in [2.75, 3.05) is 7.11 Å². The number of hydrogen-bond acceptors (Lipinski definition) is 4. The number of hydrazone groups is 1. The molecule has 0 fully saturated rings. The van der Waals surface area contributed by atoms with Gasteiger partial charge in [0.1, 0.15) is 5.75 Å². The third-order valence-corrected chi connectivity index (χ3v) is 3.99. The van der Waals surface area contributed by atoms with Crippen molar-refractivity contribution in [3.8, 4) is 5.75 Å². The van der Waals surface area contributed by atoms with E-state index in [1.54, 1.807) is 7.11 Å². The zero-order chi connectivity index (χ0) is 18.4. The van der Waals surface area contributed by atoms with Crippen LogP contribution in [0.2, 0.25) is 0 Å². The first kappa shape index (κ1) is 17.6. The number of amides is 1. The van der Waals surface area contributed by atoms with Crippen molar-refractivity contribution in [1.82, 2.24) is 10.4 Å². The lowest BCUT2D eigenvalue weighted by Crippen LogP contribution is -2.68.